The molecule has 3 heterocycles. The van der Waals surface area contributed by atoms with E-state index in [0.717, 1.165) is 11.1 Å². The number of hydrogen-bond acceptors (Lipinski definition) is 8. The second-order valence-corrected chi connectivity index (χ2v) is 11.8. The van der Waals surface area contributed by atoms with E-state index in [1.807, 2.05) is 18.3 Å². The third-order valence-corrected chi connectivity index (χ3v) is 9.19. The summed E-state index contributed by atoms with van der Waals surface area (Å²) in [5.74, 6) is -0.310. The lowest BCUT2D eigenvalue weighted by atomic mass is 9.71. The molecule has 5 rings (SSSR count). The summed E-state index contributed by atoms with van der Waals surface area (Å²) in [5.41, 5.74) is 7.51. The van der Waals surface area contributed by atoms with Gasteiger partial charge in [-0.2, -0.15) is 5.10 Å². The number of aromatic nitrogens is 4. The monoisotopic (exact) mass is 496 g/mol. The minimum atomic E-state index is -3.50. The summed E-state index contributed by atoms with van der Waals surface area (Å²) in [6.45, 7) is 4.04. The highest BCUT2D eigenvalue weighted by atomic mass is 32.2. The van der Waals surface area contributed by atoms with Crippen molar-refractivity contribution in [3.8, 4) is 5.88 Å². The molecule has 1 aliphatic carbocycles. The minimum Gasteiger partial charge on any atom is -0.475 e. The molecule has 35 heavy (non-hydrogen) atoms. The molecular formula is C24H25FN6O3S. The normalized spacial score (nSPS) is 22.3. The van der Waals surface area contributed by atoms with Gasteiger partial charge in [-0.05, 0) is 48.7 Å². The van der Waals surface area contributed by atoms with Crippen LogP contribution in [0, 0.1) is 0 Å². The number of halogens is 1. The van der Waals surface area contributed by atoms with Crippen LogP contribution in [0.1, 0.15) is 36.2 Å². The van der Waals surface area contributed by atoms with Crippen LogP contribution < -0.4 is 10.5 Å². The number of hydrogen-bond donors (Lipinski definition) is 1. The molecule has 1 aromatic carbocycles. The number of rotatable bonds is 6. The summed E-state index contributed by atoms with van der Waals surface area (Å²) < 4.78 is 46.7. The largest absolute Gasteiger partial charge is 0.475 e. The lowest BCUT2D eigenvalue weighted by molar-refractivity contribution is 0.279. The van der Waals surface area contributed by atoms with Crippen molar-refractivity contribution in [2.24, 2.45) is 10.7 Å². The Hall–Kier alpha value is -3.60. The molecule has 1 aliphatic heterocycles. The molecular weight excluding hydrogens is 471 g/mol. The van der Waals surface area contributed by atoms with Gasteiger partial charge in [-0.25, -0.2) is 22.8 Å². The Morgan fingerprint density at radius 1 is 1.29 bits per heavy atom. The highest BCUT2D eigenvalue weighted by molar-refractivity contribution is 7.93. The van der Waals surface area contributed by atoms with Crippen molar-refractivity contribution < 1.29 is 17.5 Å². The fourth-order valence-electron chi connectivity index (χ4n) is 4.27. The van der Waals surface area contributed by atoms with E-state index in [-0.39, 0.29) is 23.2 Å². The van der Waals surface area contributed by atoms with Gasteiger partial charge in [0.15, 0.2) is 15.7 Å². The maximum absolute atomic E-state index is 14.9. The van der Waals surface area contributed by atoms with Gasteiger partial charge in [0.25, 0.3) is 0 Å². The van der Waals surface area contributed by atoms with Crippen LogP contribution in [0.15, 0.2) is 54.0 Å². The van der Waals surface area contributed by atoms with E-state index >= 15 is 0 Å². The molecule has 9 nitrogen and oxygen atoms in total. The quantitative estimate of drug-likeness (QED) is 0.556. The Morgan fingerprint density at radius 2 is 2.11 bits per heavy atom. The Morgan fingerprint density at radius 3 is 2.80 bits per heavy atom. The van der Waals surface area contributed by atoms with Crippen molar-refractivity contribution in [2.75, 3.05) is 12.4 Å². The van der Waals surface area contributed by atoms with Crippen LogP contribution in [0.25, 0.3) is 11.9 Å². The Balaban J connectivity index is 1.32. The van der Waals surface area contributed by atoms with Crippen LogP contribution in [0.2, 0.25) is 0 Å². The molecule has 0 saturated heterocycles. The highest BCUT2D eigenvalue weighted by Gasteiger charge is 2.54. The zero-order valence-corrected chi connectivity index (χ0v) is 20.2. The minimum absolute atomic E-state index is 0.0612. The number of ether oxygens (including phenoxy) is 1. The second kappa shape index (κ2) is 8.26. The van der Waals surface area contributed by atoms with Crippen molar-refractivity contribution in [2.45, 2.75) is 37.1 Å². The molecule has 0 fully saturated rings. The molecule has 0 radical (unpaired) electrons. The predicted octanol–water partition coefficient (Wildman–Crippen LogP) is 2.54. The summed E-state index contributed by atoms with van der Waals surface area (Å²) in [6.07, 6.45) is 8.00. The molecule has 0 amide bonds. The van der Waals surface area contributed by atoms with Gasteiger partial charge in [0.2, 0.25) is 5.88 Å². The summed E-state index contributed by atoms with van der Waals surface area (Å²) in [7, 11) is -3.50. The van der Waals surface area contributed by atoms with Gasteiger partial charge in [-0.15, -0.1) is 0 Å². The Labute approximate surface area is 202 Å². The highest BCUT2D eigenvalue weighted by Crippen LogP contribution is 2.48. The zero-order chi connectivity index (χ0) is 24.8. The number of nitrogens with two attached hydrogens (primary N) is 1. The van der Waals surface area contributed by atoms with E-state index in [1.54, 1.807) is 36.9 Å². The fourth-order valence-corrected chi connectivity index (χ4v) is 5.94. The number of benzene rings is 1. The predicted molar refractivity (Wildman–Crippen MR) is 130 cm³/mol. The summed E-state index contributed by atoms with van der Waals surface area (Å²) in [4.78, 5) is 12.8. The van der Waals surface area contributed by atoms with Crippen LogP contribution in [0.4, 0.5) is 4.39 Å². The standard InChI is InChI=1S/C24H25FN6O3S/c1-23(2)22(26)30-24(15-35(23,32)33)12-17-5-4-16(10-18(17)24)11-19(25)20-13-28-21(14-27-20)34-9-8-31-7-3-6-29-31/h3-7,10-11,13-14H,8-9,12,15H2,1-2H3,(H2,26,30)/b19-11-/t24-/m0/s1. The third kappa shape index (κ3) is 4.09. The van der Waals surface area contributed by atoms with E-state index < -0.39 is 26.0 Å². The maximum Gasteiger partial charge on any atom is 0.232 e. The molecule has 2 aromatic heterocycles. The van der Waals surface area contributed by atoms with E-state index in [4.69, 9.17) is 10.5 Å². The van der Waals surface area contributed by atoms with Gasteiger partial charge in [-0.1, -0.05) is 12.1 Å². The van der Waals surface area contributed by atoms with Crippen LogP contribution in [0.5, 0.6) is 5.88 Å². The number of aliphatic imine (C=N–C) groups is 1. The zero-order valence-electron chi connectivity index (χ0n) is 19.3. The fraction of sp³-hybridized carbons (Fsp3) is 0.333. The van der Waals surface area contributed by atoms with Crippen molar-refractivity contribution >= 4 is 27.6 Å². The topological polar surface area (TPSA) is 125 Å². The molecule has 0 unspecified atom stereocenters. The molecule has 0 bridgehead atoms. The van der Waals surface area contributed by atoms with Gasteiger partial charge in [-0.3, -0.25) is 9.67 Å². The van der Waals surface area contributed by atoms with Gasteiger partial charge in [0.1, 0.15) is 28.4 Å². The van der Waals surface area contributed by atoms with Crippen LogP contribution in [-0.4, -0.2) is 51.1 Å². The van der Waals surface area contributed by atoms with Gasteiger partial charge >= 0.3 is 0 Å². The van der Waals surface area contributed by atoms with E-state index in [0.29, 0.717) is 25.1 Å². The van der Waals surface area contributed by atoms with Crippen molar-refractivity contribution in [1.29, 1.82) is 0 Å². The summed E-state index contributed by atoms with van der Waals surface area (Å²) in [5, 5.41) is 4.09. The number of fused-ring (bicyclic) bond motifs is 2. The second-order valence-electron chi connectivity index (χ2n) is 9.24. The molecule has 2 N–H and O–H groups in total. The average Bonchev–Trinajstić information content (AvgIpc) is 3.32. The first kappa shape index (κ1) is 23.2. The first-order valence-corrected chi connectivity index (χ1v) is 12.8. The molecule has 0 saturated carbocycles. The van der Waals surface area contributed by atoms with E-state index in [1.165, 1.54) is 18.5 Å². The van der Waals surface area contributed by atoms with Crippen molar-refractivity contribution in [1.82, 2.24) is 19.7 Å². The molecule has 1 atom stereocenters. The molecule has 3 aromatic rings. The van der Waals surface area contributed by atoms with Gasteiger partial charge in [0, 0.05) is 18.8 Å². The van der Waals surface area contributed by atoms with Crippen LogP contribution in [0.3, 0.4) is 0 Å². The number of nitrogens with zero attached hydrogens (tertiary/aromatic N) is 5. The smallest absolute Gasteiger partial charge is 0.232 e. The van der Waals surface area contributed by atoms with Gasteiger partial charge in [0.05, 0.1) is 24.7 Å². The third-order valence-electron chi connectivity index (χ3n) is 6.57. The molecule has 1 spiro atoms. The lowest BCUT2D eigenvalue weighted by Gasteiger charge is -2.46. The maximum atomic E-state index is 14.9. The van der Waals surface area contributed by atoms with E-state index in [9.17, 15) is 12.8 Å². The lowest BCUT2D eigenvalue weighted by Crippen LogP contribution is -2.58. The summed E-state index contributed by atoms with van der Waals surface area (Å²) >= 11 is 0. The Bertz CT molecular complexity index is 1430. The first-order valence-electron chi connectivity index (χ1n) is 11.1. The van der Waals surface area contributed by atoms with Crippen LogP contribution >= 0.6 is 0 Å². The summed E-state index contributed by atoms with van der Waals surface area (Å²) in [6, 6.07) is 7.23. The SMILES string of the molecule is CC1(C)C(N)=N[C@@]2(Cc3ccc(/C=C(\F)c4cnc(OCCn5cccn5)cn4)cc32)CS1(=O)=O. The van der Waals surface area contributed by atoms with E-state index in [2.05, 4.69) is 20.1 Å². The molecule has 11 heteroatoms. The number of amidine groups is 1. The Kier molecular flexibility index (Phi) is 5.47. The van der Waals surface area contributed by atoms with Crippen molar-refractivity contribution in [3.05, 3.63) is 71.4 Å². The van der Waals surface area contributed by atoms with Crippen LogP contribution in [-0.2, 0) is 28.3 Å². The first-order chi connectivity index (χ1) is 16.6. The van der Waals surface area contributed by atoms with Gasteiger partial charge < -0.3 is 10.5 Å². The average molecular weight is 497 g/mol. The molecule has 182 valence electrons. The van der Waals surface area contributed by atoms with Crippen molar-refractivity contribution in [3.63, 3.8) is 0 Å². The number of sulfone groups is 1. The molecule has 2 aliphatic rings.